The third kappa shape index (κ3) is 2.39. The summed E-state index contributed by atoms with van der Waals surface area (Å²) in [6.45, 7) is 0.418. The maximum atomic E-state index is 12.2. The lowest BCUT2D eigenvalue weighted by molar-refractivity contribution is 0.102. The van der Waals surface area contributed by atoms with E-state index in [1.807, 2.05) is 30.3 Å². The predicted octanol–water partition coefficient (Wildman–Crippen LogP) is 2.27. The zero-order valence-electron chi connectivity index (χ0n) is 10.8. The molecule has 5 nitrogen and oxygen atoms in total. The number of hydrogen-bond acceptors (Lipinski definition) is 3. The summed E-state index contributed by atoms with van der Waals surface area (Å²) in [4.78, 5) is 12.2. The molecule has 1 aromatic heterocycles. The van der Waals surface area contributed by atoms with Gasteiger partial charge >= 0.3 is 0 Å². The van der Waals surface area contributed by atoms with Crippen LogP contribution in [0.5, 0.6) is 0 Å². The molecular weight excluding hydrogens is 252 g/mol. The van der Waals surface area contributed by atoms with Crippen molar-refractivity contribution in [1.82, 2.24) is 10.2 Å². The maximum absolute atomic E-state index is 12.2. The summed E-state index contributed by atoms with van der Waals surface area (Å²) < 4.78 is 0. The summed E-state index contributed by atoms with van der Waals surface area (Å²) in [5.41, 5.74) is 8.72. The molecule has 0 aliphatic rings. The maximum Gasteiger partial charge on any atom is 0.255 e. The number of nitrogens with zero attached hydrogens (tertiary/aromatic N) is 1. The smallest absolute Gasteiger partial charge is 0.255 e. The zero-order chi connectivity index (χ0) is 13.9. The standard InChI is InChI=1S/C15H14N4O/c16-8-10-2-1-3-11(6-10)15(20)18-13-5-4-12-9-17-19-14(12)7-13/h1-7,9H,8,16H2,(H,17,19)(H,18,20). The Hall–Kier alpha value is -2.66. The number of aromatic amines is 1. The lowest BCUT2D eigenvalue weighted by Gasteiger charge is -2.06. The number of fused-ring (bicyclic) bond motifs is 1. The van der Waals surface area contributed by atoms with Crippen LogP contribution in [-0.4, -0.2) is 16.1 Å². The highest BCUT2D eigenvalue weighted by Gasteiger charge is 2.07. The van der Waals surface area contributed by atoms with E-state index in [0.717, 1.165) is 22.2 Å². The fourth-order valence-electron chi connectivity index (χ4n) is 2.06. The van der Waals surface area contributed by atoms with Crippen molar-refractivity contribution in [3.63, 3.8) is 0 Å². The summed E-state index contributed by atoms with van der Waals surface area (Å²) in [5, 5.41) is 10.7. The van der Waals surface area contributed by atoms with E-state index in [4.69, 9.17) is 5.73 Å². The van der Waals surface area contributed by atoms with Gasteiger partial charge in [0.1, 0.15) is 0 Å². The Morgan fingerprint density at radius 2 is 2.15 bits per heavy atom. The van der Waals surface area contributed by atoms with Crippen molar-refractivity contribution in [3.8, 4) is 0 Å². The number of benzene rings is 2. The van der Waals surface area contributed by atoms with Crippen LogP contribution in [0.1, 0.15) is 15.9 Å². The normalized spacial score (nSPS) is 10.7. The molecule has 1 heterocycles. The Bertz CT molecular complexity index is 763. The van der Waals surface area contributed by atoms with Gasteiger partial charge in [0.05, 0.1) is 11.7 Å². The van der Waals surface area contributed by atoms with Crippen molar-refractivity contribution >= 4 is 22.5 Å². The summed E-state index contributed by atoms with van der Waals surface area (Å²) in [6, 6.07) is 12.9. The molecule has 4 N–H and O–H groups in total. The van der Waals surface area contributed by atoms with Gasteiger partial charge in [0.15, 0.2) is 0 Å². The summed E-state index contributed by atoms with van der Waals surface area (Å²) in [6.07, 6.45) is 1.74. The number of hydrogen-bond donors (Lipinski definition) is 3. The third-order valence-corrected chi connectivity index (χ3v) is 3.12. The molecule has 2 aromatic carbocycles. The number of carbonyl (C=O) groups is 1. The van der Waals surface area contributed by atoms with Crippen LogP contribution >= 0.6 is 0 Å². The Labute approximate surface area is 115 Å². The second-order valence-corrected chi connectivity index (χ2v) is 4.53. The molecule has 1 amide bonds. The van der Waals surface area contributed by atoms with Crippen molar-refractivity contribution < 1.29 is 4.79 Å². The number of nitrogens with two attached hydrogens (primary N) is 1. The highest BCUT2D eigenvalue weighted by atomic mass is 16.1. The fraction of sp³-hybridized carbons (Fsp3) is 0.0667. The molecule has 0 aliphatic heterocycles. The van der Waals surface area contributed by atoms with E-state index in [0.29, 0.717) is 12.1 Å². The van der Waals surface area contributed by atoms with Gasteiger partial charge in [0.25, 0.3) is 5.91 Å². The van der Waals surface area contributed by atoms with E-state index in [-0.39, 0.29) is 5.91 Å². The monoisotopic (exact) mass is 266 g/mol. The van der Waals surface area contributed by atoms with Gasteiger partial charge in [-0.25, -0.2) is 0 Å². The summed E-state index contributed by atoms with van der Waals surface area (Å²) in [7, 11) is 0. The molecule has 5 heteroatoms. The minimum absolute atomic E-state index is 0.154. The van der Waals surface area contributed by atoms with Gasteiger partial charge in [0.2, 0.25) is 0 Å². The van der Waals surface area contributed by atoms with E-state index in [2.05, 4.69) is 15.5 Å². The molecule has 0 spiro atoms. The lowest BCUT2D eigenvalue weighted by Crippen LogP contribution is -2.12. The third-order valence-electron chi connectivity index (χ3n) is 3.12. The van der Waals surface area contributed by atoms with Crippen LogP contribution in [0.4, 0.5) is 5.69 Å². The number of nitrogens with one attached hydrogen (secondary N) is 2. The largest absolute Gasteiger partial charge is 0.326 e. The van der Waals surface area contributed by atoms with Crippen LogP contribution in [0, 0.1) is 0 Å². The number of amides is 1. The molecule has 3 aromatic rings. The quantitative estimate of drug-likeness (QED) is 0.680. The van der Waals surface area contributed by atoms with Gasteiger partial charge < -0.3 is 11.1 Å². The molecule has 0 aliphatic carbocycles. The number of rotatable bonds is 3. The van der Waals surface area contributed by atoms with Gasteiger partial charge in [-0.1, -0.05) is 12.1 Å². The number of aromatic nitrogens is 2. The summed E-state index contributed by atoms with van der Waals surface area (Å²) >= 11 is 0. The average molecular weight is 266 g/mol. The van der Waals surface area contributed by atoms with E-state index in [9.17, 15) is 4.79 Å². The van der Waals surface area contributed by atoms with Crippen LogP contribution in [0.25, 0.3) is 10.9 Å². The molecule has 0 saturated heterocycles. The Morgan fingerprint density at radius 3 is 3.00 bits per heavy atom. The van der Waals surface area contributed by atoms with Gasteiger partial charge in [-0.05, 0) is 35.9 Å². The average Bonchev–Trinajstić information content (AvgIpc) is 2.95. The minimum Gasteiger partial charge on any atom is -0.326 e. The minimum atomic E-state index is -0.154. The van der Waals surface area contributed by atoms with Crippen molar-refractivity contribution in [1.29, 1.82) is 0 Å². The highest BCUT2D eigenvalue weighted by Crippen LogP contribution is 2.17. The van der Waals surface area contributed by atoms with E-state index >= 15 is 0 Å². The molecule has 0 bridgehead atoms. The molecule has 0 fully saturated rings. The number of carbonyl (C=O) groups excluding carboxylic acids is 1. The first-order valence-electron chi connectivity index (χ1n) is 6.30. The molecule has 3 rings (SSSR count). The van der Waals surface area contributed by atoms with Crippen LogP contribution in [0.15, 0.2) is 48.7 Å². The van der Waals surface area contributed by atoms with Gasteiger partial charge in [-0.3, -0.25) is 9.89 Å². The second-order valence-electron chi connectivity index (χ2n) is 4.53. The van der Waals surface area contributed by atoms with Crippen molar-refractivity contribution in [2.24, 2.45) is 5.73 Å². The summed E-state index contributed by atoms with van der Waals surface area (Å²) in [5.74, 6) is -0.154. The van der Waals surface area contributed by atoms with Crippen LogP contribution in [0.3, 0.4) is 0 Å². The van der Waals surface area contributed by atoms with Gasteiger partial charge in [-0.2, -0.15) is 5.10 Å². The van der Waals surface area contributed by atoms with Crippen molar-refractivity contribution in [2.75, 3.05) is 5.32 Å². The van der Waals surface area contributed by atoms with Crippen molar-refractivity contribution in [3.05, 3.63) is 59.8 Å². The predicted molar refractivity (Wildman–Crippen MR) is 78.4 cm³/mol. The van der Waals surface area contributed by atoms with Crippen LogP contribution < -0.4 is 11.1 Å². The topological polar surface area (TPSA) is 83.8 Å². The Balaban J connectivity index is 1.83. The van der Waals surface area contributed by atoms with E-state index < -0.39 is 0 Å². The van der Waals surface area contributed by atoms with Crippen LogP contribution in [0.2, 0.25) is 0 Å². The van der Waals surface area contributed by atoms with Gasteiger partial charge in [-0.15, -0.1) is 0 Å². The molecule has 0 radical (unpaired) electrons. The number of H-pyrrole nitrogens is 1. The highest BCUT2D eigenvalue weighted by molar-refractivity contribution is 6.05. The van der Waals surface area contributed by atoms with E-state index in [1.54, 1.807) is 18.3 Å². The number of anilines is 1. The van der Waals surface area contributed by atoms with Crippen LogP contribution in [-0.2, 0) is 6.54 Å². The fourth-order valence-corrected chi connectivity index (χ4v) is 2.06. The second kappa shape index (κ2) is 5.14. The lowest BCUT2D eigenvalue weighted by atomic mass is 10.1. The molecule has 100 valence electrons. The molecular formula is C15H14N4O. The first-order valence-corrected chi connectivity index (χ1v) is 6.30. The van der Waals surface area contributed by atoms with Crippen molar-refractivity contribution in [2.45, 2.75) is 6.54 Å². The molecule has 0 atom stereocenters. The first-order chi connectivity index (χ1) is 9.76. The first kappa shape index (κ1) is 12.4. The Morgan fingerprint density at radius 1 is 1.25 bits per heavy atom. The zero-order valence-corrected chi connectivity index (χ0v) is 10.8. The molecule has 20 heavy (non-hydrogen) atoms. The molecule has 0 unspecified atom stereocenters. The Kier molecular flexibility index (Phi) is 3.18. The van der Waals surface area contributed by atoms with E-state index in [1.165, 1.54) is 0 Å². The van der Waals surface area contributed by atoms with Gasteiger partial charge in [0, 0.05) is 23.2 Å². The SMILES string of the molecule is NCc1cccc(C(=O)Nc2ccc3cn[nH]c3c2)c1. The molecule has 0 saturated carbocycles.